The molecule has 43 heavy (non-hydrogen) atoms. The zero-order valence-electron chi connectivity index (χ0n) is 29.9. The van der Waals surface area contributed by atoms with E-state index in [0.29, 0.717) is 5.75 Å². The highest BCUT2D eigenvalue weighted by Crippen LogP contribution is 2.46. The summed E-state index contributed by atoms with van der Waals surface area (Å²) in [6.45, 7) is 32.7. The molecule has 1 unspecified atom stereocenters. The number of thioether (sulfide) groups is 2. The van der Waals surface area contributed by atoms with Crippen LogP contribution in [0.4, 0.5) is 0 Å². The van der Waals surface area contributed by atoms with Crippen molar-refractivity contribution in [1.82, 2.24) is 0 Å². The van der Waals surface area contributed by atoms with Crippen LogP contribution in [0.1, 0.15) is 145 Å². The van der Waals surface area contributed by atoms with Gasteiger partial charge < -0.3 is 15.6 Å². The van der Waals surface area contributed by atoms with Crippen molar-refractivity contribution in [1.29, 1.82) is 0 Å². The number of hydrogen-bond donors (Lipinski definition) is 2. The lowest BCUT2D eigenvalue weighted by molar-refractivity contribution is -0.132. The quantitative estimate of drug-likeness (QED) is 0.124. The van der Waals surface area contributed by atoms with Gasteiger partial charge in [-0.1, -0.05) is 103 Å². The summed E-state index contributed by atoms with van der Waals surface area (Å²) in [5.41, 5.74) is 10.6. The Balaban J connectivity index is 0.00000295. The molecule has 0 saturated heterocycles. The van der Waals surface area contributed by atoms with E-state index in [2.05, 4.69) is 128 Å². The first kappa shape index (κ1) is 39.6. The average molecular weight is 632 g/mol. The first-order valence-electron chi connectivity index (χ1n) is 15.8. The van der Waals surface area contributed by atoms with Crippen molar-refractivity contribution < 1.29 is 14.6 Å². The Hall–Kier alpha value is -1.47. The number of rotatable bonds is 9. The van der Waals surface area contributed by atoms with Crippen molar-refractivity contribution >= 4 is 29.5 Å². The fraction of sp³-hybridized carbons (Fsp3) is 0.649. The van der Waals surface area contributed by atoms with Crippen LogP contribution in [-0.4, -0.2) is 22.2 Å². The average Bonchev–Trinajstić information content (AvgIpc) is 2.87. The molecule has 0 aromatic heterocycles. The molecule has 0 aliphatic carbocycles. The molecule has 0 radical (unpaired) electrons. The number of carbonyl (C=O) groups excluding carboxylic acids is 1. The summed E-state index contributed by atoms with van der Waals surface area (Å²) in [5, 5.41) is 10.4. The highest BCUT2D eigenvalue weighted by molar-refractivity contribution is 8.17. The number of hydrogen-bond acceptors (Lipinski definition) is 6. The molecule has 0 aliphatic heterocycles. The monoisotopic (exact) mass is 631 g/mol. The Morgan fingerprint density at radius 3 is 1.47 bits per heavy atom. The van der Waals surface area contributed by atoms with Crippen molar-refractivity contribution in [3.05, 3.63) is 52.1 Å². The van der Waals surface area contributed by atoms with Gasteiger partial charge in [-0.3, -0.25) is 4.79 Å². The minimum atomic E-state index is -0.424. The third-order valence-electron chi connectivity index (χ3n) is 7.47. The van der Waals surface area contributed by atoms with Crippen LogP contribution in [-0.2, 0) is 33.1 Å². The van der Waals surface area contributed by atoms with E-state index in [-0.39, 0.29) is 39.4 Å². The summed E-state index contributed by atoms with van der Waals surface area (Å²) in [5.74, 6) is 0.216. The van der Waals surface area contributed by atoms with Crippen molar-refractivity contribution in [2.24, 2.45) is 5.73 Å². The number of aliphatic hydroxyl groups is 1. The molecule has 6 heteroatoms. The predicted octanol–water partition coefficient (Wildman–Crippen LogP) is 10.3. The highest BCUT2D eigenvalue weighted by Gasteiger charge is 2.31. The van der Waals surface area contributed by atoms with Gasteiger partial charge >= 0.3 is 5.97 Å². The van der Waals surface area contributed by atoms with E-state index >= 15 is 0 Å². The molecular weight excluding hydrogens is 571 g/mol. The van der Waals surface area contributed by atoms with Gasteiger partial charge in [0, 0.05) is 20.9 Å². The molecule has 1 atom stereocenters. The van der Waals surface area contributed by atoms with Crippen LogP contribution in [0.2, 0.25) is 0 Å². The summed E-state index contributed by atoms with van der Waals surface area (Å²) in [6.07, 6.45) is 2.24. The molecule has 0 amide bonds. The van der Waals surface area contributed by atoms with Crippen LogP contribution < -0.4 is 10.5 Å². The van der Waals surface area contributed by atoms with E-state index in [4.69, 9.17) is 10.5 Å². The second-order valence-corrected chi connectivity index (χ2v) is 18.3. The molecule has 0 heterocycles. The Morgan fingerprint density at radius 2 is 1.14 bits per heavy atom. The first-order chi connectivity index (χ1) is 19.6. The van der Waals surface area contributed by atoms with Gasteiger partial charge in [-0.15, -0.1) is 23.5 Å². The van der Waals surface area contributed by atoms with Crippen LogP contribution in [0.3, 0.4) is 0 Å². The Bertz CT molecular complexity index is 1180. The van der Waals surface area contributed by atoms with Crippen LogP contribution >= 0.6 is 23.5 Å². The van der Waals surface area contributed by atoms with Gasteiger partial charge in [0.25, 0.3) is 0 Å². The topological polar surface area (TPSA) is 72.5 Å². The Labute approximate surface area is 272 Å². The molecule has 0 saturated carbocycles. The number of benzene rings is 2. The SMILES string of the molecule is CCC.CCC(C)(C)c1cc(SC(C)Sc2cc(C(C)(C)C)c(OC(=O)CN)c(C(C)(C)C)c2)cc(C(C)(C)C)c1CO. The van der Waals surface area contributed by atoms with Gasteiger partial charge in [0.2, 0.25) is 0 Å². The summed E-state index contributed by atoms with van der Waals surface area (Å²) >= 11 is 3.68. The Morgan fingerprint density at radius 1 is 0.767 bits per heavy atom. The van der Waals surface area contributed by atoms with Gasteiger partial charge in [0.05, 0.1) is 17.7 Å². The summed E-state index contributed by atoms with van der Waals surface area (Å²) in [6, 6.07) is 8.93. The fourth-order valence-corrected chi connectivity index (χ4v) is 7.17. The molecule has 0 spiro atoms. The minimum absolute atomic E-state index is 0.0367. The van der Waals surface area contributed by atoms with E-state index in [1.807, 2.05) is 23.5 Å². The maximum atomic E-state index is 12.3. The third-order valence-corrected chi connectivity index (χ3v) is 9.72. The molecule has 4 nitrogen and oxygen atoms in total. The molecule has 0 bridgehead atoms. The van der Waals surface area contributed by atoms with Crippen molar-refractivity contribution in [2.75, 3.05) is 6.54 Å². The fourth-order valence-electron chi connectivity index (χ4n) is 4.80. The molecule has 2 rings (SSSR count). The van der Waals surface area contributed by atoms with E-state index in [9.17, 15) is 9.90 Å². The maximum Gasteiger partial charge on any atom is 0.325 e. The lowest BCUT2D eigenvalue weighted by Gasteiger charge is -2.32. The zero-order chi connectivity index (χ0) is 33.6. The van der Waals surface area contributed by atoms with E-state index in [0.717, 1.165) is 28.0 Å². The third kappa shape index (κ3) is 11.1. The lowest BCUT2D eigenvalue weighted by atomic mass is 9.74. The summed E-state index contributed by atoms with van der Waals surface area (Å²) in [7, 11) is 0. The number of carbonyl (C=O) groups is 1. The first-order valence-corrected chi connectivity index (χ1v) is 17.5. The predicted molar refractivity (Wildman–Crippen MR) is 190 cm³/mol. The molecule has 0 fully saturated rings. The molecule has 244 valence electrons. The number of esters is 1. The van der Waals surface area contributed by atoms with Crippen molar-refractivity contribution in [2.45, 2.75) is 159 Å². The molecule has 2 aromatic rings. The summed E-state index contributed by atoms with van der Waals surface area (Å²) in [4.78, 5) is 14.7. The van der Waals surface area contributed by atoms with Gasteiger partial charge in [0.15, 0.2) is 0 Å². The molecule has 0 aliphatic rings. The summed E-state index contributed by atoms with van der Waals surface area (Å²) < 4.78 is 6.08. The van der Waals surface area contributed by atoms with Gasteiger partial charge in [0.1, 0.15) is 5.75 Å². The van der Waals surface area contributed by atoms with E-state index in [1.54, 1.807) is 0 Å². The molecule has 2 aromatic carbocycles. The molecule has 3 N–H and O–H groups in total. The highest BCUT2D eigenvalue weighted by atomic mass is 32.2. The standard InChI is InChI=1S/C34H53NO3S2.C3H8/c1-14-34(12,13)26-16-22(15-25(24(26)20-36)31(3,4)5)39-21(2)40-23-17-27(32(6,7)8)30(38-29(37)19-35)28(18-23)33(9,10)11;1-3-2/h15-18,21,36H,14,19-20,35H2,1-13H3;3H2,1-2H3. The zero-order valence-corrected chi connectivity index (χ0v) is 31.5. The van der Waals surface area contributed by atoms with Crippen LogP contribution in [0.5, 0.6) is 5.75 Å². The molecular formula is C37H61NO3S2. The smallest absolute Gasteiger partial charge is 0.325 e. The minimum Gasteiger partial charge on any atom is -0.425 e. The van der Waals surface area contributed by atoms with Gasteiger partial charge in [-0.25, -0.2) is 0 Å². The van der Waals surface area contributed by atoms with Crippen molar-refractivity contribution in [3.63, 3.8) is 0 Å². The normalized spacial score (nSPS) is 13.3. The maximum absolute atomic E-state index is 12.3. The lowest BCUT2D eigenvalue weighted by Crippen LogP contribution is -2.25. The number of aliphatic hydroxyl groups excluding tert-OH is 1. The van der Waals surface area contributed by atoms with Gasteiger partial charge in [-0.05, 0) is 76.0 Å². The van der Waals surface area contributed by atoms with Gasteiger partial charge in [-0.2, -0.15) is 0 Å². The second-order valence-electron chi connectivity index (χ2n) is 15.2. The van der Waals surface area contributed by atoms with Crippen LogP contribution in [0, 0.1) is 0 Å². The number of ether oxygens (including phenoxy) is 1. The van der Waals surface area contributed by atoms with Crippen LogP contribution in [0.15, 0.2) is 34.1 Å². The van der Waals surface area contributed by atoms with E-state index in [1.165, 1.54) is 22.4 Å². The number of nitrogens with two attached hydrogens (primary N) is 1. The second kappa shape index (κ2) is 15.7. The van der Waals surface area contributed by atoms with E-state index < -0.39 is 5.97 Å². The largest absolute Gasteiger partial charge is 0.425 e. The van der Waals surface area contributed by atoms with Crippen molar-refractivity contribution in [3.8, 4) is 5.75 Å². The Kier molecular flexibility index (Phi) is 14.4. The van der Waals surface area contributed by atoms with Crippen LogP contribution in [0.25, 0.3) is 0 Å².